The summed E-state index contributed by atoms with van der Waals surface area (Å²) >= 11 is 0. The standard InChI is InChI=1S/C19H18N4O3/c1-26-14-8-6-13(7-9-14)12-20-23-18(24)11-10-17-21-16-5-3-2-4-15(16)19(25)22-17/h2-9,12H,10-11H2,1H3,(H,23,24)(H,21,22,25)/b20-12+. The smallest absolute Gasteiger partial charge is 0.258 e. The second kappa shape index (κ2) is 8.06. The van der Waals surface area contributed by atoms with Crippen molar-refractivity contribution in [2.75, 3.05) is 7.11 Å². The lowest BCUT2D eigenvalue weighted by atomic mass is 10.2. The van der Waals surface area contributed by atoms with Crippen LogP contribution >= 0.6 is 0 Å². The number of fused-ring (bicyclic) bond motifs is 1. The first-order valence-corrected chi connectivity index (χ1v) is 8.09. The normalized spacial score (nSPS) is 11.0. The summed E-state index contributed by atoms with van der Waals surface area (Å²) in [5, 5.41) is 4.45. The minimum atomic E-state index is -0.259. The van der Waals surface area contributed by atoms with Crippen LogP contribution in [0.15, 0.2) is 58.4 Å². The maximum absolute atomic E-state index is 12.0. The molecule has 0 aliphatic rings. The number of H-pyrrole nitrogens is 1. The Morgan fingerprint density at radius 2 is 2.00 bits per heavy atom. The van der Waals surface area contributed by atoms with E-state index in [0.29, 0.717) is 23.1 Å². The molecule has 0 fully saturated rings. The van der Waals surface area contributed by atoms with Crippen molar-refractivity contribution in [2.24, 2.45) is 5.10 Å². The van der Waals surface area contributed by atoms with Crippen molar-refractivity contribution in [3.8, 4) is 5.75 Å². The average Bonchev–Trinajstić information content (AvgIpc) is 2.67. The number of rotatable bonds is 6. The predicted molar refractivity (Wildman–Crippen MR) is 99.4 cm³/mol. The SMILES string of the molecule is COc1ccc(/C=N/NC(=O)CCc2nc3ccccc3c(=O)[nH]2)cc1. The molecule has 0 spiro atoms. The highest BCUT2D eigenvalue weighted by molar-refractivity contribution is 5.82. The third kappa shape index (κ3) is 4.32. The molecule has 2 aromatic carbocycles. The van der Waals surface area contributed by atoms with Gasteiger partial charge in [-0.15, -0.1) is 0 Å². The van der Waals surface area contributed by atoms with E-state index in [0.717, 1.165) is 11.3 Å². The highest BCUT2D eigenvalue weighted by Crippen LogP contribution is 2.09. The number of nitrogens with one attached hydrogen (secondary N) is 2. The number of nitrogens with zero attached hydrogens (tertiary/aromatic N) is 2. The fraction of sp³-hybridized carbons (Fsp3) is 0.158. The first-order valence-electron chi connectivity index (χ1n) is 8.09. The van der Waals surface area contributed by atoms with Crippen LogP contribution in [-0.2, 0) is 11.2 Å². The third-order valence-corrected chi connectivity index (χ3v) is 3.77. The molecule has 7 heteroatoms. The second-order valence-electron chi connectivity index (χ2n) is 5.60. The summed E-state index contributed by atoms with van der Waals surface area (Å²) in [5.41, 5.74) is 3.71. The zero-order chi connectivity index (χ0) is 18.4. The molecular weight excluding hydrogens is 332 g/mol. The van der Waals surface area contributed by atoms with E-state index >= 15 is 0 Å². The Labute approximate surface area is 149 Å². The minimum absolute atomic E-state index is 0.168. The molecular formula is C19H18N4O3. The monoisotopic (exact) mass is 350 g/mol. The van der Waals surface area contributed by atoms with Gasteiger partial charge >= 0.3 is 0 Å². The van der Waals surface area contributed by atoms with Crippen molar-refractivity contribution in [2.45, 2.75) is 12.8 Å². The van der Waals surface area contributed by atoms with Gasteiger partial charge in [0, 0.05) is 12.8 Å². The number of hydrogen-bond donors (Lipinski definition) is 2. The number of amides is 1. The number of carbonyl (C=O) groups is 1. The van der Waals surface area contributed by atoms with E-state index in [1.807, 2.05) is 30.3 Å². The molecule has 0 saturated heterocycles. The molecule has 3 rings (SSSR count). The van der Waals surface area contributed by atoms with Crippen LogP contribution in [-0.4, -0.2) is 29.2 Å². The van der Waals surface area contributed by atoms with Crippen molar-refractivity contribution < 1.29 is 9.53 Å². The van der Waals surface area contributed by atoms with Crippen molar-refractivity contribution in [3.05, 3.63) is 70.3 Å². The van der Waals surface area contributed by atoms with Gasteiger partial charge in [-0.1, -0.05) is 12.1 Å². The van der Waals surface area contributed by atoms with Gasteiger partial charge in [0.15, 0.2) is 0 Å². The summed E-state index contributed by atoms with van der Waals surface area (Å²) in [5.74, 6) is 0.969. The summed E-state index contributed by atoms with van der Waals surface area (Å²) < 4.78 is 5.08. The van der Waals surface area contributed by atoms with Gasteiger partial charge in [-0.2, -0.15) is 5.10 Å². The maximum atomic E-state index is 12.0. The van der Waals surface area contributed by atoms with Crippen molar-refractivity contribution in [1.82, 2.24) is 15.4 Å². The molecule has 3 aromatic rings. The number of methoxy groups -OCH3 is 1. The number of aromatic amines is 1. The van der Waals surface area contributed by atoms with Crippen molar-refractivity contribution in [1.29, 1.82) is 0 Å². The molecule has 0 saturated carbocycles. The molecule has 0 atom stereocenters. The Hall–Kier alpha value is -3.48. The van der Waals surface area contributed by atoms with E-state index in [1.165, 1.54) is 0 Å². The van der Waals surface area contributed by atoms with E-state index in [9.17, 15) is 9.59 Å². The van der Waals surface area contributed by atoms with Gasteiger partial charge in [0.1, 0.15) is 11.6 Å². The van der Waals surface area contributed by atoms with Crippen LogP contribution in [0.25, 0.3) is 10.9 Å². The van der Waals surface area contributed by atoms with E-state index in [1.54, 1.807) is 31.5 Å². The fourth-order valence-corrected chi connectivity index (χ4v) is 2.41. The van der Waals surface area contributed by atoms with Crippen LogP contribution < -0.4 is 15.7 Å². The van der Waals surface area contributed by atoms with Crippen molar-refractivity contribution >= 4 is 23.0 Å². The molecule has 132 valence electrons. The van der Waals surface area contributed by atoms with Crippen LogP contribution in [0.2, 0.25) is 0 Å². The third-order valence-electron chi connectivity index (χ3n) is 3.77. The summed E-state index contributed by atoms with van der Waals surface area (Å²) in [7, 11) is 1.60. The largest absolute Gasteiger partial charge is 0.497 e. The number of ether oxygens (including phenoxy) is 1. The molecule has 0 bridgehead atoms. The summed E-state index contributed by atoms with van der Waals surface area (Å²) in [6.07, 6.45) is 2.04. The molecule has 1 aromatic heterocycles. The van der Waals surface area contributed by atoms with Crippen LogP contribution in [0.5, 0.6) is 5.75 Å². The van der Waals surface area contributed by atoms with E-state index in [4.69, 9.17) is 4.74 Å². The number of aryl methyl sites for hydroxylation is 1. The van der Waals surface area contributed by atoms with Gasteiger partial charge in [-0.3, -0.25) is 9.59 Å². The van der Waals surface area contributed by atoms with Gasteiger partial charge in [-0.25, -0.2) is 10.4 Å². The molecule has 0 aliphatic carbocycles. The number of para-hydroxylation sites is 1. The van der Waals surface area contributed by atoms with Gasteiger partial charge < -0.3 is 9.72 Å². The van der Waals surface area contributed by atoms with E-state index in [2.05, 4.69) is 20.5 Å². The Bertz CT molecular complexity index is 994. The lowest BCUT2D eigenvalue weighted by molar-refractivity contribution is -0.121. The Kier molecular flexibility index (Phi) is 5.38. The first kappa shape index (κ1) is 17.3. The lowest BCUT2D eigenvalue weighted by Gasteiger charge is -2.03. The molecule has 0 radical (unpaired) electrons. The summed E-state index contributed by atoms with van der Waals surface area (Å²) in [4.78, 5) is 30.9. The van der Waals surface area contributed by atoms with Gasteiger partial charge in [0.2, 0.25) is 5.91 Å². The van der Waals surface area contributed by atoms with E-state index < -0.39 is 0 Å². The minimum Gasteiger partial charge on any atom is -0.497 e. The Balaban J connectivity index is 1.55. The van der Waals surface area contributed by atoms with Crippen LogP contribution in [0.4, 0.5) is 0 Å². The van der Waals surface area contributed by atoms with Crippen LogP contribution in [0, 0.1) is 0 Å². The van der Waals surface area contributed by atoms with Crippen molar-refractivity contribution in [3.63, 3.8) is 0 Å². The summed E-state index contributed by atoms with van der Waals surface area (Å²) in [6, 6.07) is 14.4. The quantitative estimate of drug-likeness (QED) is 0.525. The molecule has 7 nitrogen and oxygen atoms in total. The van der Waals surface area contributed by atoms with Crippen LogP contribution in [0.3, 0.4) is 0 Å². The maximum Gasteiger partial charge on any atom is 0.258 e. The molecule has 26 heavy (non-hydrogen) atoms. The number of benzene rings is 2. The Morgan fingerprint density at radius 1 is 1.23 bits per heavy atom. The number of hydrazone groups is 1. The highest BCUT2D eigenvalue weighted by atomic mass is 16.5. The topological polar surface area (TPSA) is 96.4 Å². The van der Waals surface area contributed by atoms with E-state index in [-0.39, 0.29) is 17.9 Å². The zero-order valence-electron chi connectivity index (χ0n) is 14.2. The molecule has 1 amide bonds. The molecule has 0 unspecified atom stereocenters. The molecule has 0 aliphatic heterocycles. The van der Waals surface area contributed by atoms with Gasteiger partial charge in [0.05, 0.1) is 24.2 Å². The number of aromatic nitrogens is 2. The average molecular weight is 350 g/mol. The highest BCUT2D eigenvalue weighted by Gasteiger charge is 2.06. The molecule has 1 heterocycles. The fourth-order valence-electron chi connectivity index (χ4n) is 2.41. The van der Waals surface area contributed by atoms with Gasteiger partial charge in [-0.05, 0) is 42.0 Å². The number of carbonyl (C=O) groups excluding carboxylic acids is 1. The second-order valence-corrected chi connectivity index (χ2v) is 5.60. The van der Waals surface area contributed by atoms with Crippen LogP contribution in [0.1, 0.15) is 17.8 Å². The predicted octanol–water partition coefficient (Wildman–Crippen LogP) is 2.01. The Morgan fingerprint density at radius 3 is 2.77 bits per heavy atom. The molecule has 2 N–H and O–H groups in total. The number of hydrogen-bond acceptors (Lipinski definition) is 5. The first-order chi connectivity index (χ1) is 12.7. The summed E-state index contributed by atoms with van der Waals surface area (Å²) in [6.45, 7) is 0. The zero-order valence-corrected chi connectivity index (χ0v) is 14.2. The lowest BCUT2D eigenvalue weighted by Crippen LogP contribution is -2.19. The van der Waals surface area contributed by atoms with Gasteiger partial charge in [0.25, 0.3) is 5.56 Å².